The summed E-state index contributed by atoms with van der Waals surface area (Å²) in [6.07, 6.45) is 0. The van der Waals surface area contributed by atoms with Crippen LogP contribution in [0.15, 0.2) is 28.7 Å². The third-order valence-corrected chi connectivity index (χ3v) is 3.39. The molecule has 0 amide bonds. The van der Waals surface area contributed by atoms with Crippen LogP contribution in [0.5, 0.6) is 0 Å². The lowest BCUT2D eigenvalue weighted by Gasteiger charge is -2.17. The first-order chi connectivity index (χ1) is 9.00. The molecular formula is C14H16ClNO3. The zero-order valence-electron chi connectivity index (χ0n) is 10.8. The van der Waals surface area contributed by atoms with Gasteiger partial charge in [0.05, 0.1) is 0 Å². The van der Waals surface area contributed by atoms with Crippen molar-refractivity contribution in [2.45, 2.75) is 26.4 Å². The monoisotopic (exact) mass is 281 g/mol. The van der Waals surface area contributed by atoms with E-state index in [9.17, 15) is 4.79 Å². The van der Waals surface area contributed by atoms with Crippen LogP contribution in [0.1, 0.15) is 19.4 Å². The van der Waals surface area contributed by atoms with E-state index in [4.69, 9.17) is 21.1 Å². The highest BCUT2D eigenvalue weighted by Crippen LogP contribution is 2.29. The second kappa shape index (κ2) is 5.63. The summed E-state index contributed by atoms with van der Waals surface area (Å²) in [7, 11) is 0. The average Bonchev–Trinajstić information content (AvgIpc) is 2.65. The van der Waals surface area contributed by atoms with E-state index in [1.807, 2.05) is 38.1 Å². The smallest absolute Gasteiger partial charge is 0.320 e. The highest BCUT2D eigenvalue weighted by molar-refractivity contribution is 6.30. The molecule has 2 rings (SSSR count). The van der Waals surface area contributed by atoms with Crippen molar-refractivity contribution in [2.75, 3.05) is 0 Å². The molecule has 2 N–H and O–H groups in total. The number of hydrogen-bond acceptors (Lipinski definition) is 3. The summed E-state index contributed by atoms with van der Waals surface area (Å²) in [5, 5.41) is 13.4. The molecule has 0 spiro atoms. The molecule has 0 aliphatic heterocycles. The number of furan rings is 1. The Morgan fingerprint density at radius 2 is 2.11 bits per heavy atom. The van der Waals surface area contributed by atoms with Crippen LogP contribution in [0.4, 0.5) is 0 Å². The minimum Gasteiger partial charge on any atom is -0.480 e. The van der Waals surface area contributed by atoms with Crippen LogP contribution >= 0.6 is 11.6 Å². The van der Waals surface area contributed by atoms with Gasteiger partial charge in [0.1, 0.15) is 11.6 Å². The molecule has 4 nitrogen and oxygen atoms in total. The van der Waals surface area contributed by atoms with E-state index in [0.717, 1.165) is 10.9 Å². The lowest BCUT2D eigenvalue weighted by molar-refractivity contribution is -0.140. The fourth-order valence-corrected chi connectivity index (χ4v) is 2.31. The molecule has 0 unspecified atom stereocenters. The van der Waals surface area contributed by atoms with E-state index in [1.165, 1.54) is 0 Å². The quantitative estimate of drug-likeness (QED) is 0.883. The third kappa shape index (κ3) is 2.91. The molecule has 0 aliphatic carbocycles. The highest BCUT2D eigenvalue weighted by atomic mass is 35.5. The van der Waals surface area contributed by atoms with Crippen molar-refractivity contribution in [3.63, 3.8) is 0 Å². The molecule has 0 saturated carbocycles. The van der Waals surface area contributed by atoms with Gasteiger partial charge in [-0.1, -0.05) is 32.0 Å². The summed E-state index contributed by atoms with van der Waals surface area (Å²) in [6, 6.07) is 6.90. The van der Waals surface area contributed by atoms with E-state index in [-0.39, 0.29) is 5.92 Å². The number of nitrogens with one attached hydrogen (secondary N) is 1. The first-order valence-corrected chi connectivity index (χ1v) is 6.50. The van der Waals surface area contributed by atoms with Gasteiger partial charge in [0.2, 0.25) is 0 Å². The molecule has 5 heteroatoms. The maximum absolute atomic E-state index is 11.1. The predicted molar refractivity (Wildman–Crippen MR) is 74.3 cm³/mol. The molecule has 0 bridgehead atoms. The van der Waals surface area contributed by atoms with Crippen LogP contribution in [0.3, 0.4) is 0 Å². The van der Waals surface area contributed by atoms with E-state index in [1.54, 1.807) is 0 Å². The molecule has 102 valence electrons. The van der Waals surface area contributed by atoms with Gasteiger partial charge in [-0.3, -0.25) is 10.1 Å². The number of hydrogen-bond donors (Lipinski definition) is 2. The molecule has 1 atom stereocenters. The molecule has 0 saturated heterocycles. The van der Waals surface area contributed by atoms with Crippen LogP contribution in [-0.2, 0) is 11.3 Å². The summed E-state index contributed by atoms with van der Waals surface area (Å²) in [6.45, 7) is 4.09. The van der Waals surface area contributed by atoms with Crippen molar-refractivity contribution in [3.05, 3.63) is 35.0 Å². The average molecular weight is 282 g/mol. The van der Waals surface area contributed by atoms with Gasteiger partial charge in [-0.15, -0.1) is 0 Å². The number of halogens is 1. The Kier molecular flexibility index (Phi) is 4.12. The van der Waals surface area contributed by atoms with Gasteiger partial charge >= 0.3 is 5.97 Å². The Hall–Kier alpha value is -1.52. The largest absolute Gasteiger partial charge is 0.480 e. The number of benzene rings is 1. The summed E-state index contributed by atoms with van der Waals surface area (Å²) < 4.78 is 5.43. The Balaban J connectivity index is 2.22. The van der Waals surface area contributed by atoms with Gasteiger partial charge in [0, 0.05) is 17.5 Å². The number of rotatable bonds is 5. The van der Waals surface area contributed by atoms with Gasteiger partial charge in [0.25, 0.3) is 0 Å². The van der Waals surface area contributed by atoms with E-state index >= 15 is 0 Å². The van der Waals surface area contributed by atoms with Crippen molar-refractivity contribution < 1.29 is 14.3 Å². The van der Waals surface area contributed by atoms with Crippen molar-refractivity contribution in [1.82, 2.24) is 5.32 Å². The summed E-state index contributed by atoms with van der Waals surface area (Å²) in [4.78, 5) is 11.1. The fraction of sp³-hybridized carbons (Fsp3) is 0.357. The number of fused-ring (bicyclic) bond motifs is 1. The summed E-state index contributed by atoms with van der Waals surface area (Å²) in [5.41, 5.74) is 1.50. The van der Waals surface area contributed by atoms with Crippen LogP contribution in [0.2, 0.25) is 5.22 Å². The van der Waals surface area contributed by atoms with Crippen LogP contribution in [0, 0.1) is 5.92 Å². The maximum Gasteiger partial charge on any atom is 0.320 e. The Morgan fingerprint density at radius 3 is 2.74 bits per heavy atom. The van der Waals surface area contributed by atoms with Crippen molar-refractivity contribution in [2.24, 2.45) is 5.92 Å². The molecule has 19 heavy (non-hydrogen) atoms. The fourth-order valence-electron chi connectivity index (χ4n) is 2.05. The minimum atomic E-state index is -0.862. The Labute approximate surface area is 116 Å². The second-order valence-corrected chi connectivity index (χ2v) is 5.13. The van der Waals surface area contributed by atoms with Gasteiger partial charge in [-0.25, -0.2) is 0 Å². The number of carboxylic acid groups (broad SMARTS) is 1. The van der Waals surface area contributed by atoms with Gasteiger partial charge < -0.3 is 9.52 Å². The number of para-hydroxylation sites is 1. The number of carboxylic acids is 1. The van der Waals surface area contributed by atoms with Crippen LogP contribution in [-0.4, -0.2) is 17.1 Å². The van der Waals surface area contributed by atoms with Crippen molar-refractivity contribution in [1.29, 1.82) is 0 Å². The zero-order valence-corrected chi connectivity index (χ0v) is 11.6. The minimum absolute atomic E-state index is 0.00515. The van der Waals surface area contributed by atoms with E-state index in [2.05, 4.69) is 5.32 Å². The summed E-state index contributed by atoms with van der Waals surface area (Å²) >= 11 is 6.06. The molecule has 0 radical (unpaired) electrons. The molecule has 1 aromatic heterocycles. The van der Waals surface area contributed by atoms with Crippen LogP contribution in [0.25, 0.3) is 11.0 Å². The molecular weight excluding hydrogens is 266 g/mol. The lowest BCUT2D eigenvalue weighted by Crippen LogP contribution is -2.40. The lowest BCUT2D eigenvalue weighted by atomic mass is 10.0. The van der Waals surface area contributed by atoms with E-state index in [0.29, 0.717) is 17.3 Å². The summed E-state index contributed by atoms with van der Waals surface area (Å²) in [5.74, 6) is -0.867. The first kappa shape index (κ1) is 13.9. The van der Waals surface area contributed by atoms with Gasteiger partial charge in [-0.05, 0) is 23.6 Å². The van der Waals surface area contributed by atoms with Gasteiger partial charge in [0.15, 0.2) is 5.22 Å². The molecule has 1 aromatic carbocycles. The highest BCUT2D eigenvalue weighted by Gasteiger charge is 2.22. The number of carbonyl (C=O) groups is 1. The second-order valence-electron chi connectivity index (χ2n) is 4.79. The Bertz CT molecular complexity index is 591. The van der Waals surface area contributed by atoms with Crippen LogP contribution < -0.4 is 5.32 Å². The molecule has 2 aromatic rings. The first-order valence-electron chi connectivity index (χ1n) is 6.12. The third-order valence-electron chi connectivity index (χ3n) is 3.08. The van der Waals surface area contributed by atoms with Crippen molar-refractivity contribution >= 4 is 28.5 Å². The van der Waals surface area contributed by atoms with Crippen molar-refractivity contribution in [3.8, 4) is 0 Å². The number of aliphatic carboxylic acids is 1. The normalized spacial score (nSPS) is 13.1. The zero-order chi connectivity index (χ0) is 14.0. The molecule has 0 fully saturated rings. The van der Waals surface area contributed by atoms with Gasteiger partial charge in [-0.2, -0.15) is 0 Å². The standard InChI is InChI=1S/C14H16ClNO3/c1-8(2)12(14(17)18)16-7-10-9-5-3-4-6-11(9)19-13(10)15/h3-6,8,12,16H,7H2,1-2H3,(H,17,18)/t12-/m1/s1. The maximum atomic E-state index is 11.1. The van der Waals surface area contributed by atoms with E-state index < -0.39 is 12.0 Å². The topological polar surface area (TPSA) is 62.5 Å². The predicted octanol–water partition coefficient (Wildman–Crippen LogP) is 3.29. The molecule has 0 aliphatic rings. The SMILES string of the molecule is CC(C)[C@@H](NCc1c(Cl)oc2ccccc12)C(=O)O. The Morgan fingerprint density at radius 1 is 1.42 bits per heavy atom. The molecule has 1 heterocycles.